The molecule has 1 heterocycles. The smallest absolute Gasteiger partial charge is 0.410 e. The first-order chi connectivity index (χ1) is 11.8. The molecule has 1 amide bonds. The van der Waals surface area contributed by atoms with Crippen LogP contribution in [0.25, 0.3) is 0 Å². The average Bonchev–Trinajstić information content (AvgIpc) is 2.99. The van der Waals surface area contributed by atoms with Gasteiger partial charge >= 0.3 is 6.09 Å². The predicted molar refractivity (Wildman–Crippen MR) is 102 cm³/mol. The highest BCUT2D eigenvalue weighted by Gasteiger charge is 2.31. The third-order valence-corrected chi connectivity index (χ3v) is 4.52. The van der Waals surface area contributed by atoms with Crippen LogP contribution in [-0.4, -0.2) is 47.0 Å². The predicted octanol–water partition coefficient (Wildman–Crippen LogP) is 4.47. The molecule has 138 valence electrons. The van der Waals surface area contributed by atoms with Gasteiger partial charge in [-0.2, -0.15) is 0 Å². The molecule has 1 aromatic carbocycles. The van der Waals surface area contributed by atoms with Gasteiger partial charge in [-0.25, -0.2) is 9.37 Å². The van der Waals surface area contributed by atoms with Gasteiger partial charge in [-0.3, -0.25) is 0 Å². The monoisotopic (exact) mass is 345 g/mol. The van der Waals surface area contributed by atoms with Crippen molar-refractivity contribution >= 4 is 12.8 Å². The molecule has 4 heteroatoms. The van der Waals surface area contributed by atoms with Gasteiger partial charge in [0, 0.05) is 24.6 Å². The molecule has 2 rings (SSSR count). The van der Waals surface area contributed by atoms with Crippen molar-refractivity contribution in [2.24, 2.45) is 0 Å². The van der Waals surface area contributed by atoms with E-state index in [0.29, 0.717) is 6.04 Å². The molecule has 1 aromatic rings. The van der Waals surface area contributed by atoms with Crippen LogP contribution in [0.5, 0.6) is 0 Å². The van der Waals surface area contributed by atoms with Gasteiger partial charge in [0.2, 0.25) is 0 Å². The van der Waals surface area contributed by atoms with Crippen LogP contribution in [0.1, 0.15) is 58.4 Å². The molecule has 1 atom stereocenters. The van der Waals surface area contributed by atoms with Gasteiger partial charge in [-0.1, -0.05) is 30.3 Å². The number of unbranched alkanes of at least 4 members (excludes halogenated alkanes) is 1. The molecule has 0 aliphatic carbocycles. The topological polar surface area (TPSA) is 32.5 Å². The quantitative estimate of drug-likeness (QED) is 0.415. The van der Waals surface area contributed by atoms with E-state index in [4.69, 9.17) is 4.74 Å². The Morgan fingerprint density at radius 3 is 2.68 bits per heavy atom. The van der Waals surface area contributed by atoms with Crippen molar-refractivity contribution in [2.45, 2.75) is 71.1 Å². The number of hydrogen-bond acceptors (Lipinski definition) is 2. The lowest BCUT2D eigenvalue weighted by Crippen LogP contribution is -2.39. The van der Waals surface area contributed by atoms with E-state index in [1.54, 1.807) is 0 Å². The van der Waals surface area contributed by atoms with E-state index in [1.165, 1.54) is 5.56 Å². The molecule has 0 bridgehead atoms. The van der Waals surface area contributed by atoms with Crippen molar-refractivity contribution in [2.75, 3.05) is 13.1 Å². The first-order valence-electron chi connectivity index (χ1n) is 9.44. The SMILES string of the molecule is C=[N+](CCCC[C@H]1CCCN1C(=O)OC(C)(C)C)Cc1ccccc1. The number of carbonyl (C=O) groups excluding carboxylic acids is 1. The van der Waals surface area contributed by atoms with Crippen LogP contribution in [0, 0.1) is 0 Å². The highest BCUT2D eigenvalue weighted by atomic mass is 16.6. The molecule has 0 N–H and O–H groups in total. The van der Waals surface area contributed by atoms with Crippen molar-refractivity contribution < 1.29 is 14.1 Å². The summed E-state index contributed by atoms with van der Waals surface area (Å²) in [4.78, 5) is 14.2. The summed E-state index contributed by atoms with van der Waals surface area (Å²) in [5, 5.41) is 0. The third kappa shape index (κ3) is 6.89. The Balaban J connectivity index is 1.68. The van der Waals surface area contributed by atoms with Crippen molar-refractivity contribution in [3.05, 3.63) is 35.9 Å². The summed E-state index contributed by atoms with van der Waals surface area (Å²) in [6.07, 6.45) is 5.30. The molecule has 1 fully saturated rings. The normalized spacial score (nSPS) is 17.6. The average molecular weight is 346 g/mol. The summed E-state index contributed by atoms with van der Waals surface area (Å²) < 4.78 is 7.65. The van der Waals surface area contributed by atoms with Gasteiger partial charge in [0.05, 0.1) is 0 Å². The van der Waals surface area contributed by atoms with Crippen LogP contribution >= 0.6 is 0 Å². The third-order valence-electron chi connectivity index (χ3n) is 4.52. The van der Waals surface area contributed by atoms with Gasteiger partial charge in [0.25, 0.3) is 0 Å². The number of nitrogens with zero attached hydrogens (tertiary/aromatic N) is 2. The molecular weight excluding hydrogens is 312 g/mol. The maximum atomic E-state index is 12.3. The zero-order valence-corrected chi connectivity index (χ0v) is 16.0. The van der Waals surface area contributed by atoms with Crippen LogP contribution in [-0.2, 0) is 11.3 Å². The Kier molecular flexibility index (Phi) is 7.03. The Morgan fingerprint density at radius 2 is 2.00 bits per heavy atom. The summed E-state index contributed by atoms with van der Waals surface area (Å²) >= 11 is 0. The summed E-state index contributed by atoms with van der Waals surface area (Å²) in [6.45, 7) is 12.6. The lowest BCUT2D eigenvalue weighted by molar-refractivity contribution is -0.536. The van der Waals surface area contributed by atoms with E-state index in [1.807, 2.05) is 31.7 Å². The van der Waals surface area contributed by atoms with Gasteiger partial charge in [-0.05, 0) is 46.5 Å². The van der Waals surface area contributed by atoms with Crippen molar-refractivity contribution in [1.82, 2.24) is 4.90 Å². The molecule has 0 saturated carbocycles. The first kappa shape index (κ1) is 19.5. The number of hydrogen-bond donors (Lipinski definition) is 0. The zero-order chi connectivity index (χ0) is 18.3. The first-order valence-corrected chi connectivity index (χ1v) is 9.44. The number of amides is 1. The summed E-state index contributed by atoms with van der Waals surface area (Å²) in [5.41, 5.74) is 0.875. The second-order valence-electron chi connectivity index (χ2n) is 8.00. The van der Waals surface area contributed by atoms with E-state index in [-0.39, 0.29) is 6.09 Å². The number of benzene rings is 1. The van der Waals surface area contributed by atoms with Gasteiger partial charge in [0.1, 0.15) is 18.9 Å². The number of likely N-dealkylation sites (tertiary alicyclic amines) is 1. The zero-order valence-electron chi connectivity index (χ0n) is 16.0. The Morgan fingerprint density at radius 1 is 1.28 bits per heavy atom. The van der Waals surface area contributed by atoms with E-state index in [0.717, 1.165) is 51.7 Å². The number of ether oxygens (including phenoxy) is 1. The van der Waals surface area contributed by atoms with E-state index in [9.17, 15) is 4.79 Å². The molecule has 1 aliphatic heterocycles. The van der Waals surface area contributed by atoms with Crippen LogP contribution in [0.3, 0.4) is 0 Å². The van der Waals surface area contributed by atoms with Gasteiger partial charge < -0.3 is 9.64 Å². The minimum Gasteiger partial charge on any atom is -0.444 e. The highest BCUT2D eigenvalue weighted by molar-refractivity contribution is 5.68. The molecular formula is C21H33N2O2+. The van der Waals surface area contributed by atoms with Crippen LogP contribution in [0.15, 0.2) is 30.3 Å². The van der Waals surface area contributed by atoms with Crippen LogP contribution < -0.4 is 0 Å². The Bertz CT molecular complexity index is 563. The fourth-order valence-electron chi connectivity index (χ4n) is 3.33. The largest absolute Gasteiger partial charge is 0.444 e. The lowest BCUT2D eigenvalue weighted by atomic mass is 10.1. The minimum absolute atomic E-state index is 0.155. The van der Waals surface area contributed by atoms with Crippen LogP contribution in [0.4, 0.5) is 4.79 Å². The highest BCUT2D eigenvalue weighted by Crippen LogP contribution is 2.24. The summed E-state index contributed by atoms with van der Waals surface area (Å²) in [5.74, 6) is 0. The van der Waals surface area contributed by atoms with Crippen LogP contribution in [0.2, 0.25) is 0 Å². The van der Waals surface area contributed by atoms with E-state index in [2.05, 4.69) is 35.6 Å². The lowest BCUT2D eigenvalue weighted by Gasteiger charge is -2.28. The van der Waals surface area contributed by atoms with Crippen molar-refractivity contribution in [1.29, 1.82) is 0 Å². The van der Waals surface area contributed by atoms with Gasteiger partial charge in [-0.15, -0.1) is 0 Å². The fraction of sp³-hybridized carbons (Fsp3) is 0.619. The van der Waals surface area contributed by atoms with E-state index >= 15 is 0 Å². The second kappa shape index (κ2) is 9.02. The molecule has 0 aromatic heterocycles. The molecule has 4 nitrogen and oxygen atoms in total. The van der Waals surface area contributed by atoms with Gasteiger partial charge in [0.15, 0.2) is 6.54 Å². The Labute approximate surface area is 152 Å². The molecule has 1 saturated heterocycles. The Hall–Kier alpha value is -1.84. The molecule has 1 aliphatic rings. The summed E-state index contributed by atoms with van der Waals surface area (Å²) in [6, 6.07) is 10.8. The fourth-order valence-corrected chi connectivity index (χ4v) is 3.33. The second-order valence-corrected chi connectivity index (χ2v) is 8.00. The number of rotatable bonds is 7. The van der Waals surface area contributed by atoms with Crippen molar-refractivity contribution in [3.63, 3.8) is 0 Å². The summed E-state index contributed by atoms with van der Waals surface area (Å²) in [7, 11) is 0. The molecule has 0 radical (unpaired) electrons. The maximum Gasteiger partial charge on any atom is 0.410 e. The number of carbonyl (C=O) groups is 1. The maximum absolute atomic E-state index is 12.3. The minimum atomic E-state index is -0.421. The van der Waals surface area contributed by atoms with Crippen molar-refractivity contribution in [3.8, 4) is 0 Å². The molecule has 25 heavy (non-hydrogen) atoms. The van der Waals surface area contributed by atoms with E-state index < -0.39 is 5.60 Å². The molecule has 0 spiro atoms. The standard InChI is InChI=1S/C21H33N2O2/c1-21(2,3)25-20(24)23-16-10-14-19(23)13-8-9-15-22(4)17-18-11-6-5-7-12-18/h5-7,11-12,19H,4,8-10,13-17H2,1-3H3/q+1/t19-/m0/s1. The molecule has 0 unspecified atom stereocenters.